The number of hydrogen-bond acceptors (Lipinski definition) is 4. The van der Waals surface area contributed by atoms with E-state index in [4.69, 9.17) is 0 Å². The monoisotopic (exact) mass is 309 g/mol. The fourth-order valence-electron chi connectivity index (χ4n) is 2.04. The number of carbonyl (C=O) groups excluding carboxylic acids is 1. The summed E-state index contributed by atoms with van der Waals surface area (Å²) in [7, 11) is 0. The molecule has 2 aromatic heterocycles. The highest BCUT2D eigenvalue weighted by Crippen LogP contribution is 2.19. The van der Waals surface area contributed by atoms with Crippen LogP contribution < -0.4 is 5.32 Å². The number of nitrogens with zero attached hydrogens (tertiary/aromatic N) is 2. The molecule has 0 spiro atoms. The molecular weight excluding hydrogens is 294 g/mol. The summed E-state index contributed by atoms with van der Waals surface area (Å²) in [6.45, 7) is 0.448. The van der Waals surface area contributed by atoms with E-state index in [1.165, 1.54) is 11.3 Å². The molecule has 1 amide bonds. The van der Waals surface area contributed by atoms with Gasteiger partial charge in [0.25, 0.3) is 0 Å². The molecule has 0 atom stereocenters. The zero-order valence-corrected chi connectivity index (χ0v) is 12.7. The molecule has 0 saturated carbocycles. The van der Waals surface area contributed by atoms with Crippen molar-refractivity contribution in [1.29, 1.82) is 0 Å². The van der Waals surface area contributed by atoms with E-state index in [0.717, 1.165) is 22.0 Å². The Hall–Kier alpha value is -2.53. The van der Waals surface area contributed by atoms with Gasteiger partial charge in [0.1, 0.15) is 5.01 Å². The molecule has 0 fully saturated rings. The molecule has 0 aliphatic carbocycles. The first-order valence-corrected chi connectivity index (χ1v) is 7.85. The van der Waals surface area contributed by atoms with Gasteiger partial charge in [-0.05, 0) is 17.7 Å². The van der Waals surface area contributed by atoms with Gasteiger partial charge in [-0.2, -0.15) is 0 Å². The van der Waals surface area contributed by atoms with Crippen molar-refractivity contribution in [3.8, 4) is 11.4 Å². The van der Waals surface area contributed by atoms with Crippen LogP contribution in [0, 0.1) is 0 Å². The van der Waals surface area contributed by atoms with Crippen LogP contribution in [0.1, 0.15) is 10.6 Å². The van der Waals surface area contributed by atoms with Crippen molar-refractivity contribution in [2.45, 2.75) is 13.0 Å². The zero-order valence-electron chi connectivity index (χ0n) is 11.9. The van der Waals surface area contributed by atoms with Gasteiger partial charge in [0.2, 0.25) is 5.91 Å². The standard InChI is InChI=1S/C17H15N3OS/c21-16(10-13-6-2-1-3-7-13)19-11-17-20-15(12-22-17)14-8-4-5-9-18-14/h1-9,12H,10-11H2,(H,19,21). The summed E-state index contributed by atoms with van der Waals surface area (Å²) in [6, 6.07) is 15.4. The average Bonchev–Trinajstić information content (AvgIpc) is 3.04. The van der Waals surface area contributed by atoms with E-state index in [1.54, 1.807) is 6.20 Å². The van der Waals surface area contributed by atoms with Gasteiger partial charge in [-0.1, -0.05) is 36.4 Å². The summed E-state index contributed by atoms with van der Waals surface area (Å²) in [5.41, 5.74) is 2.70. The normalized spacial score (nSPS) is 10.4. The molecule has 0 aliphatic heterocycles. The summed E-state index contributed by atoms with van der Waals surface area (Å²) in [4.78, 5) is 20.7. The van der Waals surface area contributed by atoms with Crippen LogP contribution in [0.5, 0.6) is 0 Å². The van der Waals surface area contributed by atoms with Gasteiger partial charge in [0.05, 0.1) is 24.4 Å². The van der Waals surface area contributed by atoms with E-state index >= 15 is 0 Å². The van der Waals surface area contributed by atoms with E-state index in [2.05, 4.69) is 15.3 Å². The van der Waals surface area contributed by atoms with Crippen LogP contribution in [-0.2, 0) is 17.8 Å². The van der Waals surface area contributed by atoms with Crippen molar-refractivity contribution in [3.05, 3.63) is 70.7 Å². The summed E-state index contributed by atoms with van der Waals surface area (Å²) in [5.74, 6) is 0.000728. The van der Waals surface area contributed by atoms with E-state index in [-0.39, 0.29) is 5.91 Å². The van der Waals surface area contributed by atoms with Crippen LogP contribution in [0.2, 0.25) is 0 Å². The molecule has 1 aromatic carbocycles. The van der Waals surface area contributed by atoms with Crippen molar-refractivity contribution in [1.82, 2.24) is 15.3 Å². The summed E-state index contributed by atoms with van der Waals surface area (Å²) >= 11 is 1.53. The Morgan fingerprint density at radius 3 is 2.64 bits per heavy atom. The quantitative estimate of drug-likeness (QED) is 0.788. The van der Waals surface area contributed by atoms with Crippen molar-refractivity contribution in [3.63, 3.8) is 0 Å². The van der Waals surface area contributed by atoms with Crippen LogP contribution >= 0.6 is 11.3 Å². The highest BCUT2D eigenvalue weighted by atomic mass is 32.1. The summed E-state index contributed by atoms with van der Waals surface area (Å²) in [5, 5.41) is 5.74. The number of benzene rings is 1. The predicted molar refractivity (Wildman–Crippen MR) is 87.3 cm³/mol. The maximum atomic E-state index is 11.9. The highest BCUT2D eigenvalue weighted by molar-refractivity contribution is 7.09. The lowest BCUT2D eigenvalue weighted by atomic mass is 10.1. The summed E-state index contributed by atoms with van der Waals surface area (Å²) in [6.07, 6.45) is 2.13. The Morgan fingerprint density at radius 1 is 1.05 bits per heavy atom. The van der Waals surface area contributed by atoms with Gasteiger partial charge < -0.3 is 5.32 Å². The first-order chi connectivity index (χ1) is 10.8. The lowest BCUT2D eigenvalue weighted by Gasteiger charge is -2.03. The zero-order chi connectivity index (χ0) is 15.2. The van der Waals surface area contributed by atoms with Gasteiger partial charge in [0, 0.05) is 11.6 Å². The molecule has 3 aromatic rings. The fraction of sp³-hybridized carbons (Fsp3) is 0.118. The lowest BCUT2D eigenvalue weighted by molar-refractivity contribution is -0.120. The predicted octanol–water partition coefficient (Wildman–Crippen LogP) is 3.06. The Morgan fingerprint density at radius 2 is 1.86 bits per heavy atom. The minimum absolute atomic E-state index is 0.000728. The van der Waals surface area contributed by atoms with Gasteiger partial charge in [0.15, 0.2) is 0 Å². The third kappa shape index (κ3) is 3.77. The number of rotatable bonds is 5. The maximum absolute atomic E-state index is 11.9. The molecule has 0 saturated heterocycles. The number of amides is 1. The Kier molecular flexibility index (Phi) is 4.56. The highest BCUT2D eigenvalue weighted by Gasteiger charge is 2.07. The van der Waals surface area contributed by atoms with E-state index in [0.29, 0.717) is 13.0 Å². The molecule has 22 heavy (non-hydrogen) atoms. The molecule has 3 rings (SSSR count). The van der Waals surface area contributed by atoms with E-state index < -0.39 is 0 Å². The van der Waals surface area contributed by atoms with Crippen LogP contribution in [0.25, 0.3) is 11.4 Å². The Labute approximate surface area is 132 Å². The summed E-state index contributed by atoms with van der Waals surface area (Å²) < 4.78 is 0. The largest absolute Gasteiger partial charge is 0.349 e. The molecule has 2 heterocycles. The number of pyridine rings is 1. The molecular formula is C17H15N3OS. The van der Waals surface area contributed by atoms with Crippen LogP contribution in [-0.4, -0.2) is 15.9 Å². The molecule has 5 heteroatoms. The number of aromatic nitrogens is 2. The Bertz CT molecular complexity index is 741. The average molecular weight is 309 g/mol. The third-order valence-corrected chi connectivity index (χ3v) is 3.97. The van der Waals surface area contributed by atoms with Crippen LogP contribution in [0.4, 0.5) is 0 Å². The second-order valence-corrected chi connectivity index (χ2v) is 5.72. The van der Waals surface area contributed by atoms with Crippen molar-refractivity contribution in [2.75, 3.05) is 0 Å². The van der Waals surface area contributed by atoms with E-state index in [1.807, 2.05) is 53.9 Å². The fourth-order valence-corrected chi connectivity index (χ4v) is 2.77. The first-order valence-electron chi connectivity index (χ1n) is 6.98. The van der Waals surface area contributed by atoms with Gasteiger partial charge in [-0.15, -0.1) is 11.3 Å². The van der Waals surface area contributed by atoms with Gasteiger partial charge >= 0.3 is 0 Å². The minimum atomic E-state index is 0.000728. The lowest BCUT2D eigenvalue weighted by Crippen LogP contribution is -2.24. The number of hydrogen-bond donors (Lipinski definition) is 1. The third-order valence-electron chi connectivity index (χ3n) is 3.12. The molecule has 0 bridgehead atoms. The molecule has 110 valence electrons. The first kappa shape index (κ1) is 14.4. The molecule has 0 unspecified atom stereocenters. The number of nitrogens with one attached hydrogen (secondary N) is 1. The van der Waals surface area contributed by atoms with Gasteiger partial charge in [-0.25, -0.2) is 4.98 Å². The maximum Gasteiger partial charge on any atom is 0.224 e. The van der Waals surface area contributed by atoms with Crippen molar-refractivity contribution >= 4 is 17.2 Å². The molecule has 4 nitrogen and oxygen atoms in total. The molecule has 1 N–H and O–H groups in total. The van der Waals surface area contributed by atoms with E-state index in [9.17, 15) is 4.79 Å². The smallest absolute Gasteiger partial charge is 0.224 e. The Balaban J connectivity index is 1.56. The minimum Gasteiger partial charge on any atom is -0.349 e. The van der Waals surface area contributed by atoms with Crippen molar-refractivity contribution in [2.24, 2.45) is 0 Å². The van der Waals surface area contributed by atoms with Crippen molar-refractivity contribution < 1.29 is 4.79 Å². The second-order valence-electron chi connectivity index (χ2n) is 4.78. The number of carbonyl (C=O) groups is 1. The molecule has 0 radical (unpaired) electrons. The van der Waals surface area contributed by atoms with Crippen LogP contribution in [0.3, 0.4) is 0 Å². The van der Waals surface area contributed by atoms with Crippen LogP contribution in [0.15, 0.2) is 60.1 Å². The second kappa shape index (κ2) is 6.95. The molecule has 0 aliphatic rings. The number of thiazole rings is 1. The topological polar surface area (TPSA) is 54.9 Å². The van der Waals surface area contributed by atoms with Gasteiger partial charge in [-0.3, -0.25) is 9.78 Å². The SMILES string of the molecule is O=C(Cc1ccccc1)NCc1nc(-c2ccccn2)cs1.